The summed E-state index contributed by atoms with van der Waals surface area (Å²) in [6.45, 7) is 5.60. The van der Waals surface area contributed by atoms with Crippen LogP contribution in [0, 0.1) is 0 Å². The first-order chi connectivity index (χ1) is 9.00. The normalized spacial score (nSPS) is 23.2. The van der Waals surface area contributed by atoms with E-state index < -0.39 is 5.91 Å². The predicted octanol–water partition coefficient (Wildman–Crippen LogP) is 0.608. The molecule has 19 heavy (non-hydrogen) atoms. The molecular weight excluding hydrogens is 242 g/mol. The minimum atomic E-state index is -0.483. The minimum Gasteiger partial charge on any atom is -0.366 e. The fourth-order valence-corrected chi connectivity index (χ4v) is 2.29. The Morgan fingerprint density at radius 3 is 2.37 bits per heavy atom. The molecule has 0 saturated carbocycles. The first-order valence-electron chi connectivity index (χ1n) is 6.45. The van der Waals surface area contributed by atoms with Crippen LogP contribution in [-0.2, 0) is 0 Å². The number of hydrogen-bond donors (Lipinski definition) is 2. The highest BCUT2D eigenvalue weighted by molar-refractivity contribution is 5.97. The van der Waals surface area contributed by atoms with Gasteiger partial charge in [0, 0.05) is 36.3 Å². The first kappa shape index (κ1) is 13.5. The van der Waals surface area contributed by atoms with E-state index in [-0.39, 0.29) is 18.0 Å². The number of piperazine rings is 1. The van der Waals surface area contributed by atoms with Crippen molar-refractivity contribution < 1.29 is 9.59 Å². The van der Waals surface area contributed by atoms with Gasteiger partial charge in [0.1, 0.15) is 0 Å². The maximum atomic E-state index is 12.4. The third kappa shape index (κ3) is 2.76. The van der Waals surface area contributed by atoms with Crippen LogP contribution in [0.15, 0.2) is 24.3 Å². The number of rotatable bonds is 2. The molecule has 2 atom stereocenters. The molecule has 0 radical (unpaired) electrons. The van der Waals surface area contributed by atoms with Gasteiger partial charge in [-0.25, -0.2) is 0 Å². The maximum absolute atomic E-state index is 12.4. The number of nitrogens with two attached hydrogens (primary N) is 1. The van der Waals surface area contributed by atoms with E-state index in [1.807, 2.05) is 11.8 Å². The first-order valence-corrected chi connectivity index (χ1v) is 6.45. The number of amides is 2. The van der Waals surface area contributed by atoms with Gasteiger partial charge < -0.3 is 16.0 Å². The second-order valence-electron chi connectivity index (χ2n) is 4.92. The summed E-state index contributed by atoms with van der Waals surface area (Å²) in [4.78, 5) is 25.3. The lowest BCUT2D eigenvalue weighted by Crippen LogP contribution is -2.57. The lowest BCUT2D eigenvalue weighted by molar-refractivity contribution is 0.0602. The van der Waals surface area contributed by atoms with E-state index in [1.165, 1.54) is 0 Å². The predicted molar refractivity (Wildman–Crippen MR) is 72.9 cm³/mol. The number of primary amides is 1. The molecule has 1 aliphatic rings. The summed E-state index contributed by atoms with van der Waals surface area (Å²) in [6, 6.07) is 6.92. The highest BCUT2D eigenvalue weighted by Crippen LogP contribution is 2.14. The van der Waals surface area contributed by atoms with E-state index in [2.05, 4.69) is 12.2 Å². The van der Waals surface area contributed by atoms with Gasteiger partial charge in [-0.2, -0.15) is 0 Å². The van der Waals surface area contributed by atoms with Gasteiger partial charge in [0.15, 0.2) is 0 Å². The summed E-state index contributed by atoms with van der Waals surface area (Å²) >= 11 is 0. The number of benzene rings is 1. The second-order valence-corrected chi connectivity index (χ2v) is 4.92. The van der Waals surface area contributed by atoms with Crippen molar-refractivity contribution in [3.05, 3.63) is 35.4 Å². The monoisotopic (exact) mass is 261 g/mol. The van der Waals surface area contributed by atoms with Gasteiger partial charge in [0.25, 0.3) is 5.91 Å². The summed E-state index contributed by atoms with van der Waals surface area (Å²) in [5, 5.41) is 3.34. The van der Waals surface area contributed by atoms with Crippen LogP contribution in [0.4, 0.5) is 0 Å². The topological polar surface area (TPSA) is 75.4 Å². The van der Waals surface area contributed by atoms with Crippen molar-refractivity contribution in [2.75, 3.05) is 13.1 Å². The average Bonchev–Trinajstić information content (AvgIpc) is 2.41. The molecule has 0 bridgehead atoms. The Morgan fingerprint density at radius 2 is 1.79 bits per heavy atom. The third-order valence-electron chi connectivity index (χ3n) is 3.71. The number of nitrogens with one attached hydrogen (secondary N) is 1. The van der Waals surface area contributed by atoms with Crippen LogP contribution in [0.3, 0.4) is 0 Å². The highest BCUT2D eigenvalue weighted by Gasteiger charge is 2.28. The molecule has 1 heterocycles. The number of carbonyl (C=O) groups excluding carboxylic acids is 2. The molecule has 1 fully saturated rings. The molecule has 1 aromatic carbocycles. The van der Waals surface area contributed by atoms with Crippen LogP contribution < -0.4 is 11.1 Å². The van der Waals surface area contributed by atoms with E-state index in [0.29, 0.717) is 17.7 Å². The Hall–Kier alpha value is -1.88. The number of hydrogen-bond acceptors (Lipinski definition) is 3. The third-order valence-corrected chi connectivity index (χ3v) is 3.71. The Morgan fingerprint density at radius 1 is 1.21 bits per heavy atom. The zero-order chi connectivity index (χ0) is 14.0. The van der Waals surface area contributed by atoms with Crippen molar-refractivity contribution in [3.63, 3.8) is 0 Å². The van der Waals surface area contributed by atoms with Gasteiger partial charge in [-0.1, -0.05) is 0 Å². The molecule has 5 nitrogen and oxygen atoms in total. The summed E-state index contributed by atoms with van der Waals surface area (Å²) in [7, 11) is 0. The Bertz CT molecular complexity index is 484. The number of carbonyl (C=O) groups is 2. The van der Waals surface area contributed by atoms with E-state index in [0.717, 1.165) is 6.54 Å². The quantitative estimate of drug-likeness (QED) is 0.819. The SMILES string of the molecule is CC1NCCN(C(=O)c2ccc(C(N)=O)cc2)C1C. The summed E-state index contributed by atoms with van der Waals surface area (Å²) < 4.78 is 0. The average molecular weight is 261 g/mol. The Balaban J connectivity index is 2.17. The number of nitrogens with zero attached hydrogens (tertiary/aromatic N) is 1. The van der Waals surface area contributed by atoms with Gasteiger partial charge >= 0.3 is 0 Å². The molecule has 1 saturated heterocycles. The van der Waals surface area contributed by atoms with E-state index in [9.17, 15) is 9.59 Å². The van der Waals surface area contributed by atoms with E-state index >= 15 is 0 Å². The molecule has 2 rings (SSSR count). The fraction of sp³-hybridized carbons (Fsp3) is 0.429. The Labute approximate surface area is 112 Å². The second kappa shape index (κ2) is 5.40. The molecule has 1 aromatic rings. The largest absolute Gasteiger partial charge is 0.366 e. The van der Waals surface area contributed by atoms with Crippen molar-refractivity contribution in [3.8, 4) is 0 Å². The summed E-state index contributed by atoms with van der Waals surface area (Å²) in [6.07, 6.45) is 0. The van der Waals surface area contributed by atoms with Gasteiger partial charge in [-0.05, 0) is 38.1 Å². The van der Waals surface area contributed by atoms with Crippen molar-refractivity contribution >= 4 is 11.8 Å². The van der Waals surface area contributed by atoms with Crippen LogP contribution in [-0.4, -0.2) is 41.9 Å². The summed E-state index contributed by atoms with van der Waals surface area (Å²) in [5.41, 5.74) is 6.18. The van der Waals surface area contributed by atoms with Crippen LogP contribution in [0.25, 0.3) is 0 Å². The highest BCUT2D eigenvalue weighted by atomic mass is 16.2. The van der Waals surface area contributed by atoms with Crippen LogP contribution in [0.2, 0.25) is 0 Å². The van der Waals surface area contributed by atoms with Crippen LogP contribution in [0.5, 0.6) is 0 Å². The van der Waals surface area contributed by atoms with Crippen molar-refractivity contribution in [1.82, 2.24) is 10.2 Å². The van der Waals surface area contributed by atoms with Crippen molar-refractivity contribution in [2.24, 2.45) is 5.73 Å². The molecule has 5 heteroatoms. The zero-order valence-corrected chi connectivity index (χ0v) is 11.2. The minimum absolute atomic E-state index is 0.00290. The van der Waals surface area contributed by atoms with Gasteiger partial charge in [0.05, 0.1) is 0 Å². The van der Waals surface area contributed by atoms with E-state index in [1.54, 1.807) is 24.3 Å². The maximum Gasteiger partial charge on any atom is 0.254 e. The molecule has 1 aliphatic heterocycles. The van der Waals surface area contributed by atoms with Crippen LogP contribution in [0.1, 0.15) is 34.6 Å². The van der Waals surface area contributed by atoms with Gasteiger partial charge in [0.2, 0.25) is 5.91 Å². The Kier molecular flexibility index (Phi) is 3.85. The van der Waals surface area contributed by atoms with Gasteiger partial charge in [-0.3, -0.25) is 9.59 Å². The lowest BCUT2D eigenvalue weighted by Gasteiger charge is -2.38. The summed E-state index contributed by atoms with van der Waals surface area (Å²) in [5.74, 6) is -0.486. The van der Waals surface area contributed by atoms with Crippen LogP contribution >= 0.6 is 0 Å². The fourth-order valence-electron chi connectivity index (χ4n) is 2.29. The van der Waals surface area contributed by atoms with Crippen molar-refractivity contribution in [1.29, 1.82) is 0 Å². The molecule has 0 aromatic heterocycles. The standard InChI is InChI=1S/C14H19N3O2/c1-9-10(2)17(8-7-16-9)14(19)12-5-3-11(4-6-12)13(15)18/h3-6,9-10,16H,7-8H2,1-2H3,(H2,15,18). The molecule has 2 amide bonds. The molecule has 2 unspecified atom stereocenters. The molecule has 3 N–H and O–H groups in total. The lowest BCUT2D eigenvalue weighted by atomic mass is 10.0. The van der Waals surface area contributed by atoms with Gasteiger partial charge in [-0.15, -0.1) is 0 Å². The van der Waals surface area contributed by atoms with E-state index in [4.69, 9.17) is 5.73 Å². The van der Waals surface area contributed by atoms with Crippen molar-refractivity contribution in [2.45, 2.75) is 25.9 Å². The molecule has 102 valence electrons. The molecular formula is C14H19N3O2. The molecule has 0 aliphatic carbocycles. The molecule has 0 spiro atoms. The zero-order valence-electron chi connectivity index (χ0n) is 11.2. The smallest absolute Gasteiger partial charge is 0.254 e.